The summed E-state index contributed by atoms with van der Waals surface area (Å²) in [6, 6.07) is 15.9. The zero-order valence-electron chi connectivity index (χ0n) is 29.5. The maximum absolute atomic E-state index is 17.7. The van der Waals surface area contributed by atoms with Gasteiger partial charge in [-0.15, -0.1) is 0 Å². The first-order valence-electron chi connectivity index (χ1n) is 17.1. The van der Waals surface area contributed by atoms with Gasteiger partial charge in [-0.2, -0.15) is 0 Å². The number of sulfonamides is 2. The van der Waals surface area contributed by atoms with Crippen LogP contribution in [-0.4, -0.2) is 29.9 Å². The molecular formula is C40H38F4N2O4S2Ti. The number of allylic oxidation sites excluding steroid dienone is 8. The summed E-state index contributed by atoms with van der Waals surface area (Å²) >= 11 is -5.44. The molecule has 0 N–H and O–H groups in total. The van der Waals surface area contributed by atoms with E-state index in [0.29, 0.717) is 0 Å². The van der Waals surface area contributed by atoms with Gasteiger partial charge >= 0.3 is 314 Å². The summed E-state index contributed by atoms with van der Waals surface area (Å²) in [5.41, 5.74) is 0.640. The molecule has 4 aromatic rings. The van der Waals surface area contributed by atoms with Gasteiger partial charge in [-0.1, -0.05) is 0 Å². The number of rotatable bonds is 12. The third-order valence-corrected chi connectivity index (χ3v) is 22.2. The van der Waals surface area contributed by atoms with E-state index < -0.39 is 87.5 Å². The Balaban J connectivity index is 1.67. The topological polar surface area (TPSA) is 74.8 Å². The van der Waals surface area contributed by atoms with E-state index in [1.807, 2.05) is 0 Å². The van der Waals surface area contributed by atoms with E-state index >= 15 is 17.6 Å². The van der Waals surface area contributed by atoms with Gasteiger partial charge in [0.1, 0.15) is 0 Å². The van der Waals surface area contributed by atoms with Crippen molar-refractivity contribution in [2.45, 2.75) is 45.9 Å². The second kappa shape index (κ2) is 14.9. The minimum absolute atomic E-state index is 0.120. The van der Waals surface area contributed by atoms with Gasteiger partial charge in [0.15, 0.2) is 0 Å². The van der Waals surface area contributed by atoms with Crippen LogP contribution < -0.4 is 16.3 Å². The van der Waals surface area contributed by atoms with E-state index in [-0.39, 0.29) is 22.9 Å². The van der Waals surface area contributed by atoms with Gasteiger partial charge in [0.25, 0.3) is 0 Å². The second-order valence-corrected chi connectivity index (χ2v) is 23.0. The fourth-order valence-corrected chi connectivity index (χ4v) is 19.1. The van der Waals surface area contributed by atoms with E-state index in [9.17, 15) is 16.8 Å². The van der Waals surface area contributed by atoms with Crippen molar-refractivity contribution >= 4 is 39.2 Å². The van der Waals surface area contributed by atoms with E-state index in [4.69, 9.17) is 0 Å². The summed E-state index contributed by atoms with van der Waals surface area (Å²) < 4.78 is 123. The minimum atomic E-state index is -5.44. The molecule has 0 heterocycles. The van der Waals surface area contributed by atoms with Crippen molar-refractivity contribution in [1.82, 2.24) is 0 Å². The summed E-state index contributed by atoms with van der Waals surface area (Å²) in [5.74, 6) is -4.70. The van der Waals surface area contributed by atoms with Gasteiger partial charge in [-0.3, -0.25) is 0 Å². The molecule has 0 saturated carbocycles. The number of nitrogens with zero attached hydrogens (tertiary/aromatic N) is 2. The number of anilines is 2. The van der Waals surface area contributed by atoms with Crippen LogP contribution in [-0.2, 0) is 36.6 Å². The van der Waals surface area contributed by atoms with E-state index in [1.54, 1.807) is 86.7 Å². The SMILES string of the molecule is CCN(c1ccc(F)[c]([Ti]([c]2c(F)ccc(N(CC)S(=O)(=O)c3ccc(C)cc3)c2F)([CH]2C=CC=C2)[CH]2C=CC=C2)c1F)S(=O)(=O)c1ccc(C)cc1. The third kappa shape index (κ3) is 6.53. The van der Waals surface area contributed by atoms with Crippen molar-refractivity contribution < 1.29 is 51.0 Å². The van der Waals surface area contributed by atoms with Gasteiger partial charge in [0.2, 0.25) is 0 Å². The number of benzene rings is 4. The summed E-state index contributed by atoms with van der Waals surface area (Å²) in [7, 11) is -8.78. The van der Waals surface area contributed by atoms with Crippen LogP contribution in [0.4, 0.5) is 28.9 Å². The summed E-state index contributed by atoms with van der Waals surface area (Å²) in [4.78, 5) is -0.240. The molecule has 0 amide bonds. The molecule has 6 nitrogen and oxygen atoms in total. The summed E-state index contributed by atoms with van der Waals surface area (Å²) in [5, 5.41) is 0. The first kappa shape index (κ1) is 38.5. The first-order valence-corrected chi connectivity index (χ1v) is 23.3. The number of hydrogen-bond donors (Lipinski definition) is 0. The van der Waals surface area contributed by atoms with Crippen LogP contribution in [0.5, 0.6) is 0 Å². The molecule has 0 saturated heterocycles. The van der Waals surface area contributed by atoms with Gasteiger partial charge in [0, 0.05) is 0 Å². The van der Waals surface area contributed by atoms with Crippen LogP contribution >= 0.6 is 0 Å². The molecule has 2 aliphatic rings. The fraction of sp³-hybridized carbons (Fsp3) is 0.200. The van der Waals surface area contributed by atoms with Gasteiger partial charge in [-0.05, 0) is 0 Å². The second-order valence-electron chi connectivity index (χ2n) is 12.9. The molecule has 53 heavy (non-hydrogen) atoms. The Labute approximate surface area is 311 Å². The van der Waals surface area contributed by atoms with Gasteiger partial charge < -0.3 is 0 Å². The van der Waals surface area contributed by atoms with Crippen molar-refractivity contribution in [1.29, 1.82) is 0 Å². The molecule has 0 spiro atoms. The third-order valence-electron chi connectivity index (χ3n) is 9.85. The van der Waals surface area contributed by atoms with E-state index in [0.717, 1.165) is 44.0 Å². The normalized spacial score (nSPS) is 14.8. The quantitative estimate of drug-likeness (QED) is 0.107. The predicted molar refractivity (Wildman–Crippen MR) is 199 cm³/mol. The molecule has 6 rings (SSSR count). The van der Waals surface area contributed by atoms with Crippen molar-refractivity contribution in [3.05, 3.63) is 156 Å². The van der Waals surface area contributed by atoms with Crippen LogP contribution in [0.25, 0.3) is 0 Å². The van der Waals surface area contributed by atoms with Crippen LogP contribution in [0, 0.1) is 37.1 Å². The Morgan fingerprint density at radius 1 is 0.528 bits per heavy atom. The Morgan fingerprint density at radius 3 is 1.15 bits per heavy atom. The molecule has 0 atom stereocenters. The van der Waals surface area contributed by atoms with Crippen molar-refractivity contribution in [3.8, 4) is 0 Å². The van der Waals surface area contributed by atoms with Crippen LogP contribution in [0.15, 0.2) is 131 Å². The molecule has 2 aliphatic carbocycles. The van der Waals surface area contributed by atoms with Gasteiger partial charge in [-0.25, -0.2) is 0 Å². The fourth-order valence-electron chi connectivity index (χ4n) is 7.33. The van der Waals surface area contributed by atoms with Crippen LogP contribution in [0.2, 0.25) is 8.45 Å². The zero-order chi connectivity index (χ0) is 38.3. The summed E-state index contributed by atoms with van der Waals surface area (Å²) in [6.45, 7) is 6.09. The molecule has 13 heteroatoms. The van der Waals surface area contributed by atoms with Gasteiger partial charge in [0.05, 0.1) is 0 Å². The molecule has 0 aliphatic heterocycles. The van der Waals surface area contributed by atoms with Crippen molar-refractivity contribution in [3.63, 3.8) is 0 Å². The van der Waals surface area contributed by atoms with Crippen LogP contribution in [0.3, 0.4) is 0 Å². The molecule has 0 radical (unpaired) electrons. The van der Waals surface area contributed by atoms with Crippen molar-refractivity contribution in [2.75, 3.05) is 21.7 Å². The van der Waals surface area contributed by atoms with E-state index in [2.05, 4.69) is 0 Å². The maximum atomic E-state index is 17.7. The predicted octanol–water partition coefficient (Wildman–Crippen LogP) is 8.22. The summed E-state index contributed by atoms with van der Waals surface area (Å²) in [6.07, 6.45) is 13.1. The Morgan fingerprint density at radius 2 is 0.849 bits per heavy atom. The monoisotopic (exact) mass is 798 g/mol. The average molecular weight is 799 g/mol. The number of aryl methyl sites for hydroxylation is 2. The first-order chi connectivity index (χ1) is 25.2. The number of hydrogen-bond acceptors (Lipinski definition) is 4. The Bertz CT molecular complexity index is 2200. The Kier molecular flexibility index (Phi) is 10.8. The van der Waals surface area contributed by atoms with Crippen LogP contribution in [0.1, 0.15) is 25.0 Å². The molecule has 0 bridgehead atoms. The molecule has 276 valence electrons. The van der Waals surface area contributed by atoms with E-state index in [1.165, 1.54) is 38.1 Å². The standard InChI is InChI=1S/2C15H14F2NO2S.2C5H5.Ti/c2*1-3-18(15-9-6-12(16)10-14(15)17)21(19,20)13-7-4-11(2)5-8-13;2*1-2-4-5-3-1;/h2*4-9H,3H2,1-2H3;2*1-5H;. The van der Waals surface area contributed by atoms with Crippen molar-refractivity contribution in [2.24, 2.45) is 0 Å². The number of halogens is 4. The molecular weight excluding hydrogens is 760 g/mol. The Hall–Kier alpha value is -4.23. The molecule has 0 aromatic heterocycles. The zero-order valence-corrected chi connectivity index (χ0v) is 32.7. The molecule has 0 fully saturated rings. The average Bonchev–Trinajstić information content (AvgIpc) is 3.87. The molecule has 4 aromatic carbocycles. The molecule has 0 unspecified atom stereocenters.